The Labute approximate surface area is 138 Å². The summed E-state index contributed by atoms with van der Waals surface area (Å²) >= 11 is 0. The van der Waals surface area contributed by atoms with Crippen molar-refractivity contribution >= 4 is 0 Å². The lowest BCUT2D eigenvalue weighted by Crippen LogP contribution is -2.37. The van der Waals surface area contributed by atoms with Crippen molar-refractivity contribution in [3.63, 3.8) is 0 Å². The summed E-state index contributed by atoms with van der Waals surface area (Å²) in [5.74, 6) is 2.55. The molecule has 128 valence electrons. The smallest absolute Gasteiger partial charge is 0.163 e. The molecule has 2 saturated heterocycles. The highest BCUT2D eigenvalue weighted by Crippen LogP contribution is 2.29. The Kier molecular flexibility index (Phi) is 4.15. The average Bonchev–Trinajstić information content (AvgIpc) is 3.20. The number of hydrogen-bond donors (Lipinski definition) is 0. The van der Waals surface area contributed by atoms with Crippen LogP contribution < -0.4 is 0 Å². The number of piperidine rings is 1. The van der Waals surface area contributed by atoms with E-state index in [9.17, 15) is 0 Å². The van der Waals surface area contributed by atoms with Gasteiger partial charge in [-0.05, 0) is 46.1 Å². The summed E-state index contributed by atoms with van der Waals surface area (Å²) < 4.78 is 14.0. The van der Waals surface area contributed by atoms with Crippen LogP contribution in [0.5, 0.6) is 0 Å². The van der Waals surface area contributed by atoms with Crippen LogP contribution in [0.3, 0.4) is 0 Å². The lowest BCUT2D eigenvalue weighted by atomic mass is 9.97. The van der Waals surface area contributed by atoms with E-state index in [1.54, 1.807) is 0 Å². The molecule has 3 aliphatic rings. The second-order valence-corrected chi connectivity index (χ2v) is 7.61. The first kappa shape index (κ1) is 15.5. The van der Waals surface area contributed by atoms with E-state index in [-0.39, 0.29) is 6.10 Å². The fourth-order valence-corrected chi connectivity index (χ4v) is 4.18. The minimum absolute atomic E-state index is 0.239. The molecule has 1 aromatic heterocycles. The number of aromatic nitrogens is 3. The van der Waals surface area contributed by atoms with Crippen LogP contribution >= 0.6 is 0 Å². The predicted molar refractivity (Wildman–Crippen MR) is 86.3 cm³/mol. The van der Waals surface area contributed by atoms with E-state index < -0.39 is 5.79 Å². The van der Waals surface area contributed by atoms with Crippen molar-refractivity contribution in [2.45, 2.75) is 70.3 Å². The normalized spacial score (nSPS) is 30.7. The third-order valence-corrected chi connectivity index (χ3v) is 5.34. The molecular weight excluding hydrogens is 292 g/mol. The van der Waals surface area contributed by atoms with Crippen LogP contribution in [0.2, 0.25) is 0 Å². The van der Waals surface area contributed by atoms with Gasteiger partial charge in [0.15, 0.2) is 5.79 Å². The number of ether oxygens (including phenoxy) is 2. The summed E-state index contributed by atoms with van der Waals surface area (Å²) in [5, 5.41) is 8.87. The molecule has 6 nitrogen and oxygen atoms in total. The van der Waals surface area contributed by atoms with Crippen LogP contribution in [0.25, 0.3) is 0 Å². The fourth-order valence-electron chi connectivity index (χ4n) is 4.18. The van der Waals surface area contributed by atoms with Gasteiger partial charge >= 0.3 is 0 Å². The van der Waals surface area contributed by atoms with E-state index in [4.69, 9.17) is 9.47 Å². The molecule has 0 saturated carbocycles. The third-order valence-electron chi connectivity index (χ3n) is 5.34. The first-order valence-electron chi connectivity index (χ1n) is 9.07. The van der Waals surface area contributed by atoms with Gasteiger partial charge in [0, 0.05) is 32.0 Å². The Balaban J connectivity index is 1.32. The Morgan fingerprint density at radius 2 is 2.13 bits per heavy atom. The Morgan fingerprint density at radius 3 is 2.96 bits per heavy atom. The van der Waals surface area contributed by atoms with Crippen LogP contribution in [0.1, 0.15) is 57.1 Å². The first-order chi connectivity index (χ1) is 11.1. The molecule has 3 aliphatic heterocycles. The summed E-state index contributed by atoms with van der Waals surface area (Å²) in [6, 6.07) is 0. The number of rotatable bonds is 4. The standard InChI is InChI=1S/C17H28N4O2/c1-17(2)22-12-14(23-17)7-10-20-8-3-5-13(11-20)16-19-18-15-6-4-9-21(15)16/h13-14H,3-12H2,1-2H3/t13-,14-/m1/s1. The van der Waals surface area contributed by atoms with Gasteiger partial charge in [-0.15, -0.1) is 10.2 Å². The van der Waals surface area contributed by atoms with Crippen molar-refractivity contribution in [1.29, 1.82) is 0 Å². The lowest BCUT2D eigenvalue weighted by Gasteiger charge is -2.32. The predicted octanol–water partition coefficient (Wildman–Crippen LogP) is 1.95. The molecule has 23 heavy (non-hydrogen) atoms. The molecule has 4 heterocycles. The molecular formula is C17H28N4O2. The molecule has 0 unspecified atom stereocenters. The van der Waals surface area contributed by atoms with Crippen molar-refractivity contribution in [3.8, 4) is 0 Å². The molecule has 0 amide bonds. The van der Waals surface area contributed by atoms with E-state index in [2.05, 4.69) is 19.7 Å². The van der Waals surface area contributed by atoms with Gasteiger partial charge in [0.1, 0.15) is 11.6 Å². The van der Waals surface area contributed by atoms with Crippen molar-refractivity contribution in [1.82, 2.24) is 19.7 Å². The number of likely N-dealkylation sites (tertiary alicyclic amines) is 1. The van der Waals surface area contributed by atoms with E-state index in [1.807, 2.05) is 13.8 Å². The van der Waals surface area contributed by atoms with Gasteiger partial charge in [0.05, 0.1) is 12.7 Å². The van der Waals surface area contributed by atoms with Crippen LogP contribution in [0, 0.1) is 0 Å². The zero-order chi connectivity index (χ0) is 15.9. The molecule has 0 bridgehead atoms. The van der Waals surface area contributed by atoms with Crippen molar-refractivity contribution in [2.75, 3.05) is 26.2 Å². The summed E-state index contributed by atoms with van der Waals surface area (Å²) in [4.78, 5) is 2.57. The fraction of sp³-hybridized carbons (Fsp3) is 0.882. The zero-order valence-corrected chi connectivity index (χ0v) is 14.3. The molecule has 0 aromatic carbocycles. The average molecular weight is 320 g/mol. The Bertz CT molecular complexity index is 557. The number of nitrogens with zero attached hydrogens (tertiary/aromatic N) is 4. The van der Waals surface area contributed by atoms with Crippen LogP contribution in [-0.2, 0) is 22.4 Å². The minimum atomic E-state index is -0.406. The van der Waals surface area contributed by atoms with Gasteiger partial charge in [-0.3, -0.25) is 0 Å². The molecule has 6 heteroatoms. The number of fused-ring (bicyclic) bond motifs is 1. The van der Waals surface area contributed by atoms with Gasteiger partial charge in [0.2, 0.25) is 0 Å². The molecule has 0 aliphatic carbocycles. The monoisotopic (exact) mass is 320 g/mol. The largest absolute Gasteiger partial charge is 0.348 e. The topological polar surface area (TPSA) is 52.4 Å². The quantitative estimate of drug-likeness (QED) is 0.849. The first-order valence-corrected chi connectivity index (χ1v) is 9.07. The SMILES string of the molecule is CC1(C)OC[C@@H](CCN2CCC[C@@H](c3nnc4n3CCC4)C2)O1. The molecule has 0 radical (unpaired) electrons. The highest BCUT2D eigenvalue weighted by atomic mass is 16.7. The minimum Gasteiger partial charge on any atom is -0.348 e. The third kappa shape index (κ3) is 3.30. The van der Waals surface area contributed by atoms with Crippen LogP contribution in [0.15, 0.2) is 0 Å². The van der Waals surface area contributed by atoms with Gasteiger partial charge in [0.25, 0.3) is 0 Å². The highest BCUT2D eigenvalue weighted by Gasteiger charge is 2.33. The lowest BCUT2D eigenvalue weighted by molar-refractivity contribution is -0.139. The highest BCUT2D eigenvalue weighted by molar-refractivity contribution is 5.07. The van der Waals surface area contributed by atoms with Crippen LogP contribution in [0.4, 0.5) is 0 Å². The second-order valence-electron chi connectivity index (χ2n) is 7.61. The summed E-state index contributed by atoms with van der Waals surface area (Å²) in [7, 11) is 0. The Morgan fingerprint density at radius 1 is 1.22 bits per heavy atom. The summed E-state index contributed by atoms with van der Waals surface area (Å²) in [6.45, 7) is 9.20. The summed E-state index contributed by atoms with van der Waals surface area (Å²) in [5.41, 5.74) is 0. The van der Waals surface area contributed by atoms with E-state index >= 15 is 0 Å². The number of hydrogen-bond acceptors (Lipinski definition) is 5. The molecule has 4 rings (SSSR count). The van der Waals surface area contributed by atoms with Gasteiger partial charge in [-0.2, -0.15) is 0 Å². The molecule has 0 spiro atoms. The molecule has 2 atom stereocenters. The molecule has 1 aromatic rings. The maximum atomic E-state index is 5.92. The van der Waals surface area contributed by atoms with Crippen molar-refractivity contribution in [3.05, 3.63) is 11.6 Å². The maximum absolute atomic E-state index is 5.92. The molecule has 2 fully saturated rings. The zero-order valence-electron chi connectivity index (χ0n) is 14.3. The van der Waals surface area contributed by atoms with E-state index in [0.717, 1.165) is 39.1 Å². The maximum Gasteiger partial charge on any atom is 0.163 e. The van der Waals surface area contributed by atoms with E-state index in [1.165, 1.54) is 37.5 Å². The van der Waals surface area contributed by atoms with Gasteiger partial charge in [-0.1, -0.05) is 0 Å². The summed E-state index contributed by atoms with van der Waals surface area (Å²) in [6.07, 6.45) is 6.10. The molecule has 0 N–H and O–H groups in total. The van der Waals surface area contributed by atoms with Crippen molar-refractivity contribution < 1.29 is 9.47 Å². The van der Waals surface area contributed by atoms with Gasteiger partial charge in [-0.25, -0.2) is 0 Å². The van der Waals surface area contributed by atoms with Crippen molar-refractivity contribution in [2.24, 2.45) is 0 Å². The second kappa shape index (κ2) is 6.15. The van der Waals surface area contributed by atoms with Crippen LogP contribution in [-0.4, -0.2) is 57.8 Å². The van der Waals surface area contributed by atoms with E-state index in [0.29, 0.717) is 5.92 Å². The Hall–Kier alpha value is -0.980. The number of aryl methyl sites for hydroxylation is 1. The van der Waals surface area contributed by atoms with Gasteiger partial charge < -0.3 is 18.9 Å².